The molecule has 12 heavy (non-hydrogen) atoms. The molecule has 2 heteroatoms. The first-order chi connectivity index (χ1) is 5.86. The Morgan fingerprint density at radius 2 is 2.00 bits per heavy atom. The molecule has 0 saturated carbocycles. The van der Waals surface area contributed by atoms with Gasteiger partial charge in [-0.1, -0.05) is 27.8 Å². The van der Waals surface area contributed by atoms with Crippen LogP contribution in [-0.2, 0) is 0 Å². The van der Waals surface area contributed by atoms with Gasteiger partial charge in [-0.2, -0.15) is 0 Å². The summed E-state index contributed by atoms with van der Waals surface area (Å²) >= 11 is 3.24. The van der Waals surface area contributed by atoms with Gasteiger partial charge in [-0.3, -0.25) is 0 Å². The Morgan fingerprint density at radius 3 is 2.50 bits per heavy atom. The van der Waals surface area contributed by atoms with Crippen molar-refractivity contribution in [1.82, 2.24) is 0 Å². The number of rotatable bonds is 1. The van der Waals surface area contributed by atoms with Crippen molar-refractivity contribution in [3.63, 3.8) is 0 Å². The molecule has 1 nitrogen and oxygen atoms in total. The lowest BCUT2D eigenvalue weighted by Gasteiger charge is -1.97. The van der Waals surface area contributed by atoms with Gasteiger partial charge in [0, 0.05) is 5.56 Å². The number of alkyl halides is 1. The van der Waals surface area contributed by atoms with Crippen LogP contribution in [0.5, 0.6) is 5.75 Å². The molecule has 1 aromatic carbocycles. The highest BCUT2D eigenvalue weighted by Crippen LogP contribution is 2.09. The fourth-order valence-electron chi connectivity index (χ4n) is 0.810. The maximum absolute atomic E-state index is 5.02. The first-order valence-corrected chi connectivity index (χ1v) is 4.68. The van der Waals surface area contributed by atoms with Gasteiger partial charge in [0.2, 0.25) is 0 Å². The summed E-state index contributed by atoms with van der Waals surface area (Å²) in [4.78, 5) is 0. The van der Waals surface area contributed by atoms with Crippen LogP contribution < -0.4 is 4.74 Å². The van der Waals surface area contributed by atoms with Gasteiger partial charge < -0.3 is 4.74 Å². The molecule has 0 radical (unpaired) electrons. The van der Waals surface area contributed by atoms with Gasteiger partial charge >= 0.3 is 0 Å². The molecular weight excluding hydrogens is 216 g/mol. The standard InChI is InChI=1S/C10H9BrO/c1-12-10-6-4-9(5-7-10)3-2-8-11/h4-7H,8H2,1H3. The minimum absolute atomic E-state index is 0.707. The van der Waals surface area contributed by atoms with Crippen LogP contribution in [0.4, 0.5) is 0 Å². The molecule has 0 fully saturated rings. The van der Waals surface area contributed by atoms with E-state index >= 15 is 0 Å². The Morgan fingerprint density at radius 1 is 1.33 bits per heavy atom. The van der Waals surface area contributed by atoms with E-state index in [4.69, 9.17) is 4.74 Å². The molecule has 0 N–H and O–H groups in total. The van der Waals surface area contributed by atoms with Crippen LogP contribution in [0.25, 0.3) is 0 Å². The molecule has 0 heterocycles. The summed E-state index contributed by atoms with van der Waals surface area (Å²) < 4.78 is 5.02. The molecule has 0 aromatic heterocycles. The number of halogens is 1. The van der Waals surface area contributed by atoms with Crippen LogP contribution in [0.2, 0.25) is 0 Å². The Hall–Kier alpha value is -0.940. The van der Waals surface area contributed by atoms with E-state index in [9.17, 15) is 0 Å². The largest absolute Gasteiger partial charge is 0.497 e. The van der Waals surface area contributed by atoms with E-state index in [1.165, 1.54) is 0 Å². The summed E-state index contributed by atoms with van der Waals surface area (Å²) in [7, 11) is 1.65. The summed E-state index contributed by atoms with van der Waals surface area (Å²) in [5, 5.41) is 0.707. The van der Waals surface area contributed by atoms with Crippen LogP contribution in [0.15, 0.2) is 24.3 Å². The smallest absolute Gasteiger partial charge is 0.118 e. The molecule has 0 spiro atoms. The van der Waals surface area contributed by atoms with Crippen molar-refractivity contribution >= 4 is 15.9 Å². The van der Waals surface area contributed by atoms with E-state index in [0.29, 0.717) is 5.33 Å². The normalized spacial score (nSPS) is 8.50. The van der Waals surface area contributed by atoms with Gasteiger partial charge in [0.1, 0.15) is 5.75 Å². The lowest BCUT2D eigenvalue weighted by Crippen LogP contribution is -1.81. The van der Waals surface area contributed by atoms with Crippen LogP contribution in [0, 0.1) is 11.8 Å². The average molecular weight is 225 g/mol. The van der Waals surface area contributed by atoms with Crippen LogP contribution in [0.3, 0.4) is 0 Å². The van der Waals surface area contributed by atoms with Crippen molar-refractivity contribution in [3.8, 4) is 17.6 Å². The molecule has 0 atom stereocenters. The minimum atomic E-state index is 0.707. The van der Waals surface area contributed by atoms with E-state index in [0.717, 1.165) is 11.3 Å². The van der Waals surface area contributed by atoms with Crippen molar-refractivity contribution in [3.05, 3.63) is 29.8 Å². The molecule has 0 aliphatic heterocycles. The second-order valence-corrected chi connectivity index (χ2v) is 2.72. The number of ether oxygens (including phenoxy) is 1. The fourth-order valence-corrected chi connectivity index (χ4v) is 0.950. The van der Waals surface area contributed by atoms with Gasteiger partial charge in [-0.05, 0) is 24.3 Å². The lowest BCUT2D eigenvalue weighted by molar-refractivity contribution is 0.415. The van der Waals surface area contributed by atoms with Crippen molar-refractivity contribution in [2.75, 3.05) is 12.4 Å². The molecule has 0 aliphatic rings. The van der Waals surface area contributed by atoms with Gasteiger partial charge in [0.05, 0.1) is 12.4 Å². The molecule has 0 saturated heterocycles. The summed E-state index contributed by atoms with van der Waals surface area (Å²) in [6.07, 6.45) is 0. The first-order valence-electron chi connectivity index (χ1n) is 3.55. The SMILES string of the molecule is COc1ccc(C#CCBr)cc1. The minimum Gasteiger partial charge on any atom is -0.497 e. The lowest BCUT2D eigenvalue weighted by atomic mass is 10.2. The molecule has 1 rings (SSSR count). The molecule has 0 unspecified atom stereocenters. The van der Waals surface area contributed by atoms with Gasteiger partial charge in [0.15, 0.2) is 0 Å². The van der Waals surface area contributed by atoms with Crippen molar-refractivity contribution in [1.29, 1.82) is 0 Å². The zero-order chi connectivity index (χ0) is 8.81. The van der Waals surface area contributed by atoms with Crippen molar-refractivity contribution < 1.29 is 4.74 Å². The third kappa shape index (κ3) is 2.60. The van der Waals surface area contributed by atoms with Crippen LogP contribution in [0.1, 0.15) is 5.56 Å². The van der Waals surface area contributed by atoms with E-state index in [2.05, 4.69) is 27.8 Å². The highest BCUT2D eigenvalue weighted by atomic mass is 79.9. The second-order valence-electron chi connectivity index (χ2n) is 2.16. The topological polar surface area (TPSA) is 9.23 Å². The van der Waals surface area contributed by atoms with Gasteiger partial charge in [0.25, 0.3) is 0 Å². The summed E-state index contributed by atoms with van der Waals surface area (Å²) in [6.45, 7) is 0. The van der Waals surface area contributed by atoms with Crippen LogP contribution in [-0.4, -0.2) is 12.4 Å². The van der Waals surface area contributed by atoms with E-state index in [1.807, 2.05) is 24.3 Å². The molecule has 1 aromatic rings. The average Bonchev–Trinajstić information content (AvgIpc) is 2.15. The fraction of sp³-hybridized carbons (Fsp3) is 0.200. The Kier molecular flexibility index (Phi) is 3.69. The second kappa shape index (κ2) is 4.84. The predicted molar refractivity (Wildman–Crippen MR) is 53.7 cm³/mol. The van der Waals surface area contributed by atoms with Gasteiger partial charge in [-0.25, -0.2) is 0 Å². The summed E-state index contributed by atoms with van der Waals surface area (Å²) in [5.41, 5.74) is 1.01. The first kappa shape index (κ1) is 9.15. The Labute approximate surface area is 80.9 Å². The summed E-state index contributed by atoms with van der Waals surface area (Å²) in [5.74, 6) is 6.78. The molecule has 0 amide bonds. The van der Waals surface area contributed by atoms with E-state index in [-0.39, 0.29) is 0 Å². The number of hydrogen-bond donors (Lipinski definition) is 0. The zero-order valence-electron chi connectivity index (χ0n) is 6.80. The molecular formula is C10H9BrO. The number of hydrogen-bond acceptors (Lipinski definition) is 1. The predicted octanol–water partition coefficient (Wildman–Crippen LogP) is 2.44. The van der Waals surface area contributed by atoms with Crippen LogP contribution >= 0.6 is 15.9 Å². The van der Waals surface area contributed by atoms with Crippen molar-refractivity contribution in [2.24, 2.45) is 0 Å². The monoisotopic (exact) mass is 224 g/mol. The number of benzene rings is 1. The third-order valence-corrected chi connectivity index (χ3v) is 1.67. The highest BCUT2D eigenvalue weighted by Gasteiger charge is 1.88. The maximum atomic E-state index is 5.02. The summed E-state index contributed by atoms with van der Waals surface area (Å²) in [6, 6.07) is 7.68. The Balaban J connectivity index is 2.78. The van der Waals surface area contributed by atoms with E-state index in [1.54, 1.807) is 7.11 Å². The van der Waals surface area contributed by atoms with Crippen molar-refractivity contribution in [2.45, 2.75) is 0 Å². The number of methoxy groups -OCH3 is 1. The maximum Gasteiger partial charge on any atom is 0.118 e. The molecule has 62 valence electrons. The quantitative estimate of drug-likeness (QED) is 0.526. The third-order valence-electron chi connectivity index (χ3n) is 1.39. The van der Waals surface area contributed by atoms with E-state index < -0.39 is 0 Å². The Bertz CT molecular complexity index is 292. The highest BCUT2D eigenvalue weighted by molar-refractivity contribution is 9.09. The molecule has 0 bridgehead atoms. The van der Waals surface area contributed by atoms with Gasteiger partial charge in [-0.15, -0.1) is 0 Å². The molecule has 0 aliphatic carbocycles. The zero-order valence-corrected chi connectivity index (χ0v) is 8.39.